The average Bonchev–Trinajstić information content (AvgIpc) is 2.96. The van der Waals surface area contributed by atoms with Crippen LogP contribution in [-0.4, -0.2) is 34.0 Å². The summed E-state index contributed by atoms with van der Waals surface area (Å²) in [5.74, 6) is 0.912. The van der Waals surface area contributed by atoms with Crippen molar-refractivity contribution in [1.82, 2.24) is 19.8 Å². The fourth-order valence-electron chi connectivity index (χ4n) is 2.38. The Morgan fingerprint density at radius 2 is 2.22 bits per heavy atom. The zero-order valence-electron chi connectivity index (χ0n) is 14.4. The second-order valence-electron chi connectivity index (χ2n) is 5.53. The van der Waals surface area contributed by atoms with E-state index >= 15 is 0 Å². The highest BCUT2D eigenvalue weighted by Gasteiger charge is 2.11. The van der Waals surface area contributed by atoms with Crippen molar-refractivity contribution in [2.75, 3.05) is 13.6 Å². The van der Waals surface area contributed by atoms with Gasteiger partial charge in [-0.05, 0) is 42.8 Å². The third kappa shape index (κ3) is 4.81. The number of hydrogen-bond donors (Lipinski definition) is 1. The predicted molar refractivity (Wildman–Crippen MR) is 101 cm³/mol. The molecule has 0 fully saturated rings. The molecule has 0 saturated carbocycles. The van der Waals surface area contributed by atoms with E-state index in [9.17, 15) is 0 Å². The maximum Gasteiger partial charge on any atom is 0.194 e. The van der Waals surface area contributed by atoms with E-state index in [1.54, 1.807) is 11.3 Å². The molecule has 0 aliphatic rings. The van der Waals surface area contributed by atoms with Crippen LogP contribution in [-0.2, 0) is 20.1 Å². The molecule has 1 N–H and O–H groups in total. The molecule has 126 valence electrons. The van der Waals surface area contributed by atoms with Gasteiger partial charge >= 0.3 is 0 Å². The molecule has 0 atom stereocenters. The molecular formula is C16H24BrN5S. The molecule has 2 aromatic heterocycles. The van der Waals surface area contributed by atoms with E-state index in [-0.39, 0.29) is 0 Å². The summed E-state index contributed by atoms with van der Waals surface area (Å²) in [6.07, 6.45) is 2.07. The molecular weight excluding hydrogens is 374 g/mol. The summed E-state index contributed by atoms with van der Waals surface area (Å²) in [6, 6.07) is 2.14. The van der Waals surface area contributed by atoms with Crippen LogP contribution in [0.25, 0.3) is 0 Å². The monoisotopic (exact) mass is 397 g/mol. The number of rotatable bonds is 5. The Hall–Kier alpha value is -1.34. The number of aromatic nitrogens is 2. The first-order chi connectivity index (χ1) is 10.9. The summed E-state index contributed by atoms with van der Waals surface area (Å²) >= 11 is 5.24. The fraction of sp³-hybridized carbons (Fsp3) is 0.500. The van der Waals surface area contributed by atoms with Crippen LogP contribution in [0.5, 0.6) is 0 Å². The van der Waals surface area contributed by atoms with Gasteiger partial charge in [0.15, 0.2) is 5.96 Å². The van der Waals surface area contributed by atoms with Gasteiger partial charge in [-0.25, -0.2) is 9.98 Å². The Kier molecular flexibility index (Phi) is 6.24. The van der Waals surface area contributed by atoms with Crippen LogP contribution >= 0.6 is 27.3 Å². The molecule has 0 amide bonds. The number of nitrogens with one attached hydrogen (secondary N) is 1. The van der Waals surface area contributed by atoms with Crippen molar-refractivity contribution < 1.29 is 0 Å². The van der Waals surface area contributed by atoms with E-state index in [0.717, 1.165) is 34.2 Å². The first kappa shape index (κ1) is 18.0. The first-order valence-electron chi connectivity index (χ1n) is 7.63. The SMILES string of the molecule is CCNC(=NCc1sc(C)nc1C)N(C)Cc1cc(Br)cn1C. The van der Waals surface area contributed by atoms with Gasteiger partial charge in [-0.3, -0.25) is 0 Å². The zero-order chi connectivity index (χ0) is 17.0. The largest absolute Gasteiger partial charge is 0.357 e. The molecule has 2 rings (SSSR count). The first-order valence-corrected chi connectivity index (χ1v) is 9.24. The van der Waals surface area contributed by atoms with Crippen LogP contribution in [0.3, 0.4) is 0 Å². The van der Waals surface area contributed by atoms with Crippen molar-refractivity contribution in [2.45, 2.75) is 33.9 Å². The molecule has 7 heteroatoms. The average molecular weight is 398 g/mol. The summed E-state index contributed by atoms with van der Waals surface area (Å²) in [5.41, 5.74) is 2.32. The maximum atomic E-state index is 4.77. The molecule has 5 nitrogen and oxygen atoms in total. The lowest BCUT2D eigenvalue weighted by Crippen LogP contribution is -2.38. The van der Waals surface area contributed by atoms with Crippen molar-refractivity contribution in [3.05, 3.63) is 38.0 Å². The molecule has 0 radical (unpaired) electrons. The highest BCUT2D eigenvalue weighted by Crippen LogP contribution is 2.18. The minimum atomic E-state index is 0.668. The lowest BCUT2D eigenvalue weighted by Gasteiger charge is -2.22. The fourth-order valence-corrected chi connectivity index (χ4v) is 3.81. The minimum absolute atomic E-state index is 0.668. The van der Waals surface area contributed by atoms with Gasteiger partial charge in [0.05, 0.1) is 23.8 Å². The van der Waals surface area contributed by atoms with Crippen LogP contribution in [0.1, 0.15) is 28.2 Å². The summed E-state index contributed by atoms with van der Waals surface area (Å²) in [6.45, 7) is 8.49. The standard InChI is InChI=1S/C16H24BrN5S/c1-6-18-16(19-8-15-11(2)20-12(3)23-15)22(5)10-14-7-13(17)9-21(14)4/h7,9H,6,8,10H2,1-5H3,(H,18,19). The van der Waals surface area contributed by atoms with Crippen molar-refractivity contribution in [3.8, 4) is 0 Å². The summed E-state index contributed by atoms with van der Waals surface area (Å²) < 4.78 is 3.22. The second kappa shape index (κ2) is 7.97. The highest BCUT2D eigenvalue weighted by atomic mass is 79.9. The molecule has 0 saturated heterocycles. The third-order valence-corrected chi connectivity index (χ3v) is 5.03. The lowest BCUT2D eigenvalue weighted by molar-refractivity contribution is 0.462. The number of halogens is 1. The molecule has 0 aromatic carbocycles. The molecule has 0 aliphatic heterocycles. The van der Waals surface area contributed by atoms with E-state index in [0.29, 0.717) is 6.54 Å². The number of aryl methyl sites for hydroxylation is 3. The van der Waals surface area contributed by atoms with E-state index in [2.05, 4.69) is 69.0 Å². The lowest BCUT2D eigenvalue weighted by atomic mass is 10.4. The number of nitrogens with zero attached hydrogens (tertiary/aromatic N) is 4. The Balaban J connectivity index is 2.11. The van der Waals surface area contributed by atoms with Crippen LogP contribution in [0.2, 0.25) is 0 Å². The third-order valence-electron chi connectivity index (χ3n) is 3.54. The van der Waals surface area contributed by atoms with Gasteiger partial charge in [-0.1, -0.05) is 0 Å². The molecule has 23 heavy (non-hydrogen) atoms. The Morgan fingerprint density at radius 1 is 1.48 bits per heavy atom. The number of guanidine groups is 1. The molecule has 0 unspecified atom stereocenters. The smallest absolute Gasteiger partial charge is 0.194 e. The van der Waals surface area contributed by atoms with Gasteiger partial charge in [-0.2, -0.15) is 0 Å². The predicted octanol–water partition coefficient (Wildman–Crippen LogP) is 3.46. The van der Waals surface area contributed by atoms with Crippen LogP contribution in [0.15, 0.2) is 21.7 Å². The Labute approximate surface area is 150 Å². The summed E-state index contributed by atoms with van der Waals surface area (Å²) in [5, 5.41) is 4.46. The van der Waals surface area contributed by atoms with Crippen molar-refractivity contribution in [1.29, 1.82) is 0 Å². The second-order valence-corrected chi connectivity index (χ2v) is 7.73. The molecule has 0 aliphatic carbocycles. The van der Waals surface area contributed by atoms with Gasteiger partial charge in [0.25, 0.3) is 0 Å². The van der Waals surface area contributed by atoms with Gasteiger partial charge in [0.2, 0.25) is 0 Å². The van der Waals surface area contributed by atoms with Crippen LogP contribution < -0.4 is 5.32 Å². The maximum absolute atomic E-state index is 4.77. The topological polar surface area (TPSA) is 45.5 Å². The van der Waals surface area contributed by atoms with E-state index in [1.807, 2.05) is 13.8 Å². The Bertz CT molecular complexity index is 689. The van der Waals surface area contributed by atoms with Crippen molar-refractivity contribution in [3.63, 3.8) is 0 Å². The molecule has 2 heterocycles. The van der Waals surface area contributed by atoms with Gasteiger partial charge in [-0.15, -0.1) is 11.3 Å². The minimum Gasteiger partial charge on any atom is -0.357 e. The van der Waals surface area contributed by atoms with Gasteiger partial charge in [0.1, 0.15) is 0 Å². The summed E-state index contributed by atoms with van der Waals surface area (Å²) in [4.78, 5) is 12.6. The van der Waals surface area contributed by atoms with Crippen LogP contribution in [0.4, 0.5) is 0 Å². The molecule has 0 spiro atoms. The Morgan fingerprint density at radius 3 is 2.74 bits per heavy atom. The number of thiazole rings is 1. The van der Waals surface area contributed by atoms with E-state index in [1.165, 1.54) is 10.6 Å². The van der Waals surface area contributed by atoms with Gasteiger partial charge < -0.3 is 14.8 Å². The normalized spacial score (nSPS) is 11.8. The zero-order valence-corrected chi connectivity index (χ0v) is 16.8. The highest BCUT2D eigenvalue weighted by molar-refractivity contribution is 9.10. The van der Waals surface area contributed by atoms with E-state index in [4.69, 9.17) is 4.99 Å². The van der Waals surface area contributed by atoms with Crippen LogP contribution in [0, 0.1) is 13.8 Å². The molecule has 0 bridgehead atoms. The van der Waals surface area contributed by atoms with Gasteiger partial charge in [0, 0.05) is 41.9 Å². The quantitative estimate of drug-likeness (QED) is 0.620. The number of hydrogen-bond acceptors (Lipinski definition) is 3. The van der Waals surface area contributed by atoms with Crippen molar-refractivity contribution in [2.24, 2.45) is 12.0 Å². The van der Waals surface area contributed by atoms with Crippen molar-refractivity contribution >= 4 is 33.2 Å². The molecule has 2 aromatic rings. The number of aliphatic imine (C=N–C) groups is 1. The van der Waals surface area contributed by atoms with E-state index < -0.39 is 0 Å². The summed E-state index contributed by atoms with van der Waals surface area (Å²) in [7, 11) is 4.12.